The van der Waals surface area contributed by atoms with Crippen molar-refractivity contribution in [3.05, 3.63) is 35.4 Å². The Morgan fingerprint density at radius 2 is 1.84 bits per heavy atom. The van der Waals surface area contributed by atoms with Crippen molar-refractivity contribution in [2.45, 2.75) is 57.8 Å². The van der Waals surface area contributed by atoms with E-state index in [1.807, 2.05) is 0 Å². The molecule has 1 aliphatic carbocycles. The van der Waals surface area contributed by atoms with E-state index < -0.39 is 5.97 Å². The number of aryl methyl sites for hydroxylation is 1. The molecule has 2 rings (SSSR count). The van der Waals surface area contributed by atoms with Gasteiger partial charge < -0.3 is 5.11 Å². The number of hydrogen-bond acceptors (Lipinski definition) is 1. The standard InChI is InChI=1S/C17H24O2/c1-13(17(18)19)7-8-14-9-11-16(12-10-14)15-5-3-2-4-6-15/h9-13,15H,2-8H2,1H3,(H,18,19). The fourth-order valence-electron chi connectivity index (χ4n) is 2.90. The van der Waals surface area contributed by atoms with Crippen LogP contribution in [0.5, 0.6) is 0 Å². The normalized spacial score (nSPS) is 18.2. The quantitative estimate of drug-likeness (QED) is 0.852. The molecule has 1 N–H and O–H groups in total. The summed E-state index contributed by atoms with van der Waals surface area (Å²) in [7, 11) is 0. The molecule has 0 radical (unpaired) electrons. The van der Waals surface area contributed by atoms with E-state index in [0.29, 0.717) is 0 Å². The minimum Gasteiger partial charge on any atom is -0.481 e. The number of aliphatic carboxylic acids is 1. The largest absolute Gasteiger partial charge is 0.481 e. The maximum absolute atomic E-state index is 10.8. The van der Waals surface area contributed by atoms with Gasteiger partial charge in [-0.25, -0.2) is 0 Å². The first kappa shape index (κ1) is 14.1. The molecular weight excluding hydrogens is 236 g/mol. The van der Waals surface area contributed by atoms with Gasteiger partial charge in [-0.05, 0) is 42.7 Å². The zero-order valence-corrected chi connectivity index (χ0v) is 11.8. The van der Waals surface area contributed by atoms with E-state index in [9.17, 15) is 4.79 Å². The molecule has 2 nitrogen and oxygen atoms in total. The maximum Gasteiger partial charge on any atom is 0.306 e. The molecule has 0 amide bonds. The summed E-state index contributed by atoms with van der Waals surface area (Å²) in [5.74, 6) is -0.197. The zero-order valence-electron chi connectivity index (χ0n) is 11.8. The highest BCUT2D eigenvalue weighted by Gasteiger charge is 2.15. The predicted molar refractivity (Wildman–Crippen MR) is 77.4 cm³/mol. The van der Waals surface area contributed by atoms with Crippen molar-refractivity contribution in [3.63, 3.8) is 0 Å². The van der Waals surface area contributed by atoms with Crippen molar-refractivity contribution in [3.8, 4) is 0 Å². The summed E-state index contributed by atoms with van der Waals surface area (Å²) < 4.78 is 0. The molecule has 1 aromatic rings. The van der Waals surface area contributed by atoms with Gasteiger partial charge in [0.25, 0.3) is 0 Å². The van der Waals surface area contributed by atoms with Crippen molar-refractivity contribution in [1.29, 1.82) is 0 Å². The Morgan fingerprint density at radius 1 is 1.21 bits per heavy atom. The lowest BCUT2D eigenvalue weighted by Gasteiger charge is -2.22. The van der Waals surface area contributed by atoms with Gasteiger partial charge >= 0.3 is 5.97 Å². The van der Waals surface area contributed by atoms with Gasteiger partial charge in [-0.15, -0.1) is 0 Å². The van der Waals surface area contributed by atoms with Crippen molar-refractivity contribution >= 4 is 5.97 Å². The van der Waals surface area contributed by atoms with E-state index in [2.05, 4.69) is 24.3 Å². The molecule has 0 aromatic heterocycles. The van der Waals surface area contributed by atoms with Gasteiger partial charge in [-0.3, -0.25) is 4.79 Å². The average molecular weight is 260 g/mol. The zero-order chi connectivity index (χ0) is 13.7. The SMILES string of the molecule is CC(CCc1ccc(C2CCCCC2)cc1)C(=O)O. The minimum absolute atomic E-state index is 0.252. The topological polar surface area (TPSA) is 37.3 Å². The van der Waals surface area contributed by atoms with E-state index in [4.69, 9.17) is 5.11 Å². The van der Waals surface area contributed by atoms with E-state index in [-0.39, 0.29) is 5.92 Å². The number of carbonyl (C=O) groups is 1. The van der Waals surface area contributed by atoms with Crippen LogP contribution < -0.4 is 0 Å². The molecule has 1 aliphatic rings. The van der Waals surface area contributed by atoms with Crippen LogP contribution in [0.4, 0.5) is 0 Å². The Balaban J connectivity index is 1.89. The summed E-state index contributed by atoms with van der Waals surface area (Å²) in [6.07, 6.45) is 8.36. The van der Waals surface area contributed by atoms with Crippen molar-refractivity contribution in [1.82, 2.24) is 0 Å². The van der Waals surface area contributed by atoms with Crippen LogP contribution in [0, 0.1) is 5.92 Å². The van der Waals surface area contributed by atoms with Gasteiger partial charge in [0, 0.05) is 0 Å². The van der Waals surface area contributed by atoms with Crippen molar-refractivity contribution < 1.29 is 9.90 Å². The third-order valence-corrected chi connectivity index (χ3v) is 4.34. The number of benzene rings is 1. The van der Waals surface area contributed by atoms with Gasteiger partial charge in [0.2, 0.25) is 0 Å². The molecule has 1 saturated carbocycles. The summed E-state index contributed by atoms with van der Waals surface area (Å²) in [6, 6.07) is 8.85. The van der Waals surface area contributed by atoms with Crippen LogP contribution >= 0.6 is 0 Å². The second-order valence-corrected chi connectivity index (χ2v) is 5.85. The predicted octanol–water partition coefficient (Wildman–Crippen LogP) is 4.39. The van der Waals surface area contributed by atoms with Gasteiger partial charge in [-0.2, -0.15) is 0 Å². The first-order chi connectivity index (χ1) is 9.16. The molecule has 1 aromatic carbocycles. The summed E-state index contributed by atoms with van der Waals surface area (Å²) >= 11 is 0. The van der Waals surface area contributed by atoms with Crippen LogP contribution in [0.3, 0.4) is 0 Å². The van der Waals surface area contributed by atoms with Gasteiger partial charge in [0.15, 0.2) is 0 Å². The molecule has 0 spiro atoms. The van der Waals surface area contributed by atoms with E-state index >= 15 is 0 Å². The molecule has 1 unspecified atom stereocenters. The third-order valence-electron chi connectivity index (χ3n) is 4.34. The summed E-state index contributed by atoms with van der Waals surface area (Å²) in [6.45, 7) is 1.78. The Labute approximate surface area is 115 Å². The monoisotopic (exact) mass is 260 g/mol. The van der Waals surface area contributed by atoms with E-state index in [1.54, 1.807) is 6.92 Å². The Hall–Kier alpha value is -1.31. The Kier molecular flexibility index (Phi) is 5.00. The summed E-state index contributed by atoms with van der Waals surface area (Å²) in [4.78, 5) is 10.8. The van der Waals surface area contributed by atoms with Crippen LogP contribution in [0.2, 0.25) is 0 Å². The first-order valence-corrected chi connectivity index (χ1v) is 7.48. The lowest BCUT2D eigenvalue weighted by atomic mass is 9.84. The molecule has 104 valence electrons. The van der Waals surface area contributed by atoms with Crippen LogP contribution in [-0.2, 0) is 11.2 Å². The highest BCUT2D eigenvalue weighted by molar-refractivity contribution is 5.69. The summed E-state index contributed by atoms with van der Waals surface area (Å²) in [5, 5.41) is 8.87. The minimum atomic E-state index is -0.696. The lowest BCUT2D eigenvalue weighted by molar-refractivity contribution is -0.141. The number of hydrogen-bond donors (Lipinski definition) is 1. The third kappa shape index (κ3) is 4.09. The van der Waals surface area contributed by atoms with Gasteiger partial charge in [0.1, 0.15) is 0 Å². The molecule has 2 heteroatoms. The first-order valence-electron chi connectivity index (χ1n) is 7.48. The second-order valence-electron chi connectivity index (χ2n) is 5.85. The molecule has 1 atom stereocenters. The number of rotatable bonds is 5. The maximum atomic E-state index is 10.8. The van der Waals surface area contributed by atoms with Crippen LogP contribution in [-0.4, -0.2) is 11.1 Å². The van der Waals surface area contributed by atoms with Gasteiger partial charge in [-0.1, -0.05) is 50.5 Å². The molecule has 19 heavy (non-hydrogen) atoms. The van der Waals surface area contributed by atoms with Crippen molar-refractivity contribution in [2.24, 2.45) is 5.92 Å². The molecule has 0 heterocycles. The van der Waals surface area contributed by atoms with Crippen LogP contribution in [0.25, 0.3) is 0 Å². The average Bonchev–Trinajstić information content (AvgIpc) is 2.46. The van der Waals surface area contributed by atoms with E-state index in [0.717, 1.165) is 18.8 Å². The molecular formula is C17H24O2. The Morgan fingerprint density at radius 3 is 2.42 bits per heavy atom. The van der Waals surface area contributed by atoms with E-state index in [1.165, 1.54) is 43.2 Å². The fraction of sp³-hybridized carbons (Fsp3) is 0.588. The molecule has 1 fully saturated rings. The van der Waals surface area contributed by atoms with Crippen LogP contribution in [0.15, 0.2) is 24.3 Å². The number of carboxylic acids is 1. The molecule has 0 aliphatic heterocycles. The van der Waals surface area contributed by atoms with Crippen LogP contribution in [0.1, 0.15) is 62.5 Å². The highest BCUT2D eigenvalue weighted by Crippen LogP contribution is 2.32. The van der Waals surface area contributed by atoms with Crippen molar-refractivity contribution in [2.75, 3.05) is 0 Å². The number of carboxylic acid groups (broad SMARTS) is 1. The lowest BCUT2D eigenvalue weighted by Crippen LogP contribution is -2.10. The summed E-state index contributed by atoms with van der Waals surface area (Å²) in [5.41, 5.74) is 2.72. The smallest absolute Gasteiger partial charge is 0.306 e. The highest BCUT2D eigenvalue weighted by atomic mass is 16.4. The molecule has 0 saturated heterocycles. The molecule has 0 bridgehead atoms. The Bertz CT molecular complexity index is 402. The second kappa shape index (κ2) is 6.74. The fourth-order valence-corrected chi connectivity index (χ4v) is 2.90. The van der Waals surface area contributed by atoms with Gasteiger partial charge in [0.05, 0.1) is 5.92 Å².